The van der Waals surface area contributed by atoms with Gasteiger partial charge in [-0.2, -0.15) is 0 Å². The number of hydrogen-bond acceptors (Lipinski definition) is 1. The Hall–Kier alpha value is -0.340. The van der Waals surface area contributed by atoms with E-state index in [2.05, 4.69) is 41.1 Å². The third-order valence-corrected chi connectivity index (χ3v) is 4.31. The fraction of sp³-hybridized carbons (Fsp3) is 0.538. The molecule has 2 atom stereocenters. The number of benzene rings is 1. The van der Waals surface area contributed by atoms with Gasteiger partial charge in [-0.15, -0.1) is 0 Å². The second-order valence-electron chi connectivity index (χ2n) is 4.51. The third-order valence-electron chi connectivity index (χ3n) is 3.57. The highest BCUT2D eigenvalue weighted by Crippen LogP contribution is 2.40. The van der Waals surface area contributed by atoms with E-state index in [-0.39, 0.29) is 0 Å². The second-order valence-corrected chi connectivity index (χ2v) is 5.36. The quantitative estimate of drug-likeness (QED) is 0.873. The summed E-state index contributed by atoms with van der Waals surface area (Å²) in [4.78, 5) is 0. The molecule has 2 rings (SSSR count). The van der Waals surface area contributed by atoms with Gasteiger partial charge in [-0.05, 0) is 54.8 Å². The molecule has 0 radical (unpaired) electrons. The van der Waals surface area contributed by atoms with Crippen LogP contribution in [0, 0.1) is 5.92 Å². The van der Waals surface area contributed by atoms with E-state index in [0.29, 0.717) is 5.92 Å². The highest BCUT2D eigenvalue weighted by molar-refractivity contribution is 9.10. The molecule has 1 aliphatic rings. The summed E-state index contributed by atoms with van der Waals surface area (Å²) in [6.07, 6.45) is 3.61. The van der Waals surface area contributed by atoms with Crippen molar-refractivity contribution in [2.24, 2.45) is 11.7 Å². The molecule has 0 fully saturated rings. The zero-order chi connectivity index (χ0) is 10.8. The maximum Gasteiger partial charge on any atom is 0.0210 e. The van der Waals surface area contributed by atoms with Crippen LogP contribution in [-0.4, -0.2) is 6.54 Å². The van der Waals surface area contributed by atoms with Gasteiger partial charge in [-0.3, -0.25) is 0 Å². The smallest absolute Gasteiger partial charge is 0.0210 e. The molecule has 15 heavy (non-hydrogen) atoms. The van der Waals surface area contributed by atoms with Crippen LogP contribution in [-0.2, 0) is 6.42 Å². The van der Waals surface area contributed by atoms with Gasteiger partial charge in [0.15, 0.2) is 0 Å². The lowest BCUT2D eigenvalue weighted by atomic mass is 9.74. The maximum atomic E-state index is 5.71. The number of rotatable bonds is 2. The van der Waals surface area contributed by atoms with Gasteiger partial charge in [0.2, 0.25) is 0 Å². The van der Waals surface area contributed by atoms with E-state index >= 15 is 0 Å². The van der Waals surface area contributed by atoms with Crippen LogP contribution in [0.5, 0.6) is 0 Å². The van der Waals surface area contributed by atoms with Crippen molar-refractivity contribution >= 4 is 15.9 Å². The molecule has 1 aliphatic carbocycles. The lowest BCUT2D eigenvalue weighted by Gasteiger charge is -2.31. The van der Waals surface area contributed by atoms with Crippen LogP contribution in [0.4, 0.5) is 0 Å². The molecule has 0 heterocycles. The minimum Gasteiger partial charge on any atom is -0.330 e. The minimum absolute atomic E-state index is 0.663. The standard InChI is InChI=1S/C13H18BrN/c1-9-5-6-12-11(10(9)7-8-15)3-2-4-13(12)14/h2-4,9-10H,5-8,15H2,1H3. The van der Waals surface area contributed by atoms with Crippen molar-refractivity contribution < 1.29 is 0 Å². The van der Waals surface area contributed by atoms with Crippen molar-refractivity contribution in [2.45, 2.75) is 32.1 Å². The molecule has 0 aromatic heterocycles. The van der Waals surface area contributed by atoms with Crippen LogP contribution < -0.4 is 5.73 Å². The Kier molecular flexibility index (Phi) is 3.47. The van der Waals surface area contributed by atoms with Crippen molar-refractivity contribution in [1.82, 2.24) is 0 Å². The van der Waals surface area contributed by atoms with Crippen molar-refractivity contribution in [1.29, 1.82) is 0 Å². The molecule has 1 nitrogen and oxygen atoms in total. The van der Waals surface area contributed by atoms with Crippen molar-refractivity contribution in [2.75, 3.05) is 6.54 Å². The highest BCUT2D eigenvalue weighted by Gasteiger charge is 2.26. The Labute approximate surface area is 100 Å². The summed E-state index contributed by atoms with van der Waals surface area (Å²) in [6.45, 7) is 3.14. The summed E-state index contributed by atoms with van der Waals surface area (Å²) < 4.78 is 1.27. The van der Waals surface area contributed by atoms with E-state index in [0.717, 1.165) is 18.9 Å². The van der Waals surface area contributed by atoms with E-state index in [1.54, 1.807) is 0 Å². The second kappa shape index (κ2) is 4.67. The average molecular weight is 268 g/mol. The molecule has 0 bridgehead atoms. The normalized spacial score (nSPS) is 25.0. The molecular weight excluding hydrogens is 250 g/mol. The molecule has 0 saturated carbocycles. The zero-order valence-electron chi connectivity index (χ0n) is 9.17. The van der Waals surface area contributed by atoms with Crippen LogP contribution in [0.1, 0.15) is 36.8 Å². The Balaban J connectivity index is 2.39. The highest BCUT2D eigenvalue weighted by atomic mass is 79.9. The number of halogens is 1. The lowest BCUT2D eigenvalue weighted by molar-refractivity contribution is 0.386. The third kappa shape index (κ3) is 2.11. The summed E-state index contributed by atoms with van der Waals surface area (Å²) >= 11 is 3.65. The van der Waals surface area contributed by atoms with E-state index in [9.17, 15) is 0 Å². The van der Waals surface area contributed by atoms with Gasteiger partial charge in [0.25, 0.3) is 0 Å². The molecule has 82 valence electrons. The number of hydrogen-bond donors (Lipinski definition) is 1. The van der Waals surface area contributed by atoms with Crippen molar-refractivity contribution in [3.8, 4) is 0 Å². The molecule has 0 saturated heterocycles. The molecule has 2 heteroatoms. The molecule has 0 aliphatic heterocycles. The first kappa shape index (κ1) is 11.2. The predicted molar refractivity (Wildman–Crippen MR) is 68.0 cm³/mol. The Morgan fingerprint density at radius 2 is 2.27 bits per heavy atom. The molecule has 1 aromatic rings. The van der Waals surface area contributed by atoms with E-state index < -0.39 is 0 Å². The van der Waals surface area contributed by atoms with E-state index in [4.69, 9.17) is 5.73 Å². The topological polar surface area (TPSA) is 26.0 Å². The molecule has 0 amide bonds. The van der Waals surface area contributed by atoms with E-state index in [1.807, 2.05) is 0 Å². The largest absolute Gasteiger partial charge is 0.330 e. The molecular formula is C13H18BrN. The van der Waals surface area contributed by atoms with Crippen molar-refractivity contribution in [3.05, 3.63) is 33.8 Å². The summed E-state index contributed by atoms with van der Waals surface area (Å²) in [5.41, 5.74) is 8.74. The van der Waals surface area contributed by atoms with Gasteiger partial charge in [0.05, 0.1) is 0 Å². The lowest BCUT2D eigenvalue weighted by Crippen LogP contribution is -2.21. The van der Waals surface area contributed by atoms with Gasteiger partial charge < -0.3 is 5.73 Å². The fourth-order valence-corrected chi connectivity index (χ4v) is 3.27. The summed E-state index contributed by atoms with van der Waals surface area (Å²) in [5.74, 6) is 1.44. The number of fused-ring (bicyclic) bond motifs is 1. The van der Waals surface area contributed by atoms with Gasteiger partial charge in [-0.25, -0.2) is 0 Å². The minimum atomic E-state index is 0.663. The van der Waals surface area contributed by atoms with Crippen LogP contribution >= 0.6 is 15.9 Å². The van der Waals surface area contributed by atoms with Crippen LogP contribution in [0.25, 0.3) is 0 Å². The van der Waals surface area contributed by atoms with Crippen LogP contribution in [0.15, 0.2) is 22.7 Å². The fourth-order valence-electron chi connectivity index (χ4n) is 2.69. The Bertz CT molecular complexity index is 348. The maximum absolute atomic E-state index is 5.71. The Morgan fingerprint density at radius 1 is 1.47 bits per heavy atom. The van der Waals surface area contributed by atoms with Crippen LogP contribution in [0.3, 0.4) is 0 Å². The predicted octanol–water partition coefficient (Wildman–Crippen LogP) is 3.46. The molecule has 2 N–H and O–H groups in total. The van der Waals surface area contributed by atoms with Crippen LogP contribution in [0.2, 0.25) is 0 Å². The first-order valence-corrected chi connectivity index (χ1v) is 6.50. The Morgan fingerprint density at radius 3 is 3.00 bits per heavy atom. The molecule has 2 unspecified atom stereocenters. The summed E-state index contributed by atoms with van der Waals surface area (Å²) in [7, 11) is 0. The van der Waals surface area contributed by atoms with Gasteiger partial charge in [0, 0.05) is 4.47 Å². The first-order valence-electron chi connectivity index (χ1n) is 5.71. The SMILES string of the molecule is CC1CCc2c(Br)cccc2C1CCN. The number of nitrogens with two attached hydrogens (primary N) is 1. The monoisotopic (exact) mass is 267 g/mol. The van der Waals surface area contributed by atoms with Gasteiger partial charge in [-0.1, -0.05) is 35.0 Å². The van der Waals surface area contributed by atoms with Crippen molar-refractivity contribution in [3.63, 3.8) is 0 Å². The summed E-state index contributed by atoms with van der Waals surface area (Å²) in [5, 5.41) is 0. The zero-order valence-corrected chi connectivity index (χ0v) is 10.8. The molecule has 1 aromatic carbocycles. The summed E-state index contributed by atoms with van der Waals surface area (Å²) in [6, 6.07) is 6.56. The average Bonchev–Trinajstić information content (AvgIpc) is 2.23. The van der Waals surface area contributed by atoms with Gasteiger partial charge in [0.1, 0.15) is 0 Å². The first-order chi connectivity index (χ1) is 7.24. The van der Waals surface area contributed by atoms with Gasteiger partial charge >= 0.3 is 0 Å². The molecule has 0 spiro atoms. The van der Waals surface area contributed by atoms with E-state index in [1.165, 1.54) is 28.4 Å².